The second-order valence-electron chi connectivity index (χ2n) is 5.69. The molecular formula is C15H19NO4S. The summed E-state index contributed by atoms with van der Waals surface area (Å²) in [6, 6.07) is 7.59. The molecule has 1 fully saturated rings. The molecule has 0 aromatic heterocycles. The fraction of sp³-hybridized carbons (Fsp3) is 0.533. The highest BCUT2D eigenvalue weighted by Crippen LogP contribution is 2.33. The average molecular weight is 309 g/mol. The van der Waals surface area contributed by atoms with Crippen molar-refractivity contribution in [2.24, 2.45) is 5.92 Å². The molecule has 6 heteroatoms. The first kappa shape index (κ1) is 14.4. The van der Waals surface area contributed by atoms with E-state index >= 15 is 0 Å². The van der Waals surface area contributed by atoms with Crippen molar-refractivity contribution >= 4 is 15.7 Å². The Morgan fingerprint density at radius 3 is 2.81 bits per heavy atom. The normalized spacial score (nSPS) is 27.6. The van der Waals surface area contributed by atoms with Gasteiger partial charge in [0.1, 0.15) is 12.4 Å². The van der Waals surface area contributed by atoms with Gasteiger partial charge >= 0.3 is 0 Å². The zero-order valence-electron chi connectivity index (χ0n) is 12.0. The summed E-state index contributed by atoms with van der Waals surface area (Å²) in [6.07, 6.45) is 0.437. The highest BCUT2D eigenvalue weighted by Gasteiger charge is 2.37. The van der Waals surface area contributed by atoms with E-state index in [1.165, 1.54) is 0 Å². The van der Waals surface area contributed by atoms with Crippen LogP contribution in [0.3, 0.4) is 0 Å². The minimum atomic E-state index is -3.05. The van der Waals surface area contributed by atoms with Crippen LogP contribution in [0.25, 0.3) is 0 Å². The third kappa shape index (κ3) is 2.77. The molecule has 0 bridgehead atoms. The maximum Gasteiger partial charge on any atom is 0.227 e. The first-order chi connectivity index (χ1) is 9.98. The third-order valence-corrected chi connectivity index (χ3v) is 6.06. The van der Waals surface area contributed by atoms with Crippen molar-refractivity contribution in [1.82, 2.24) is 4.90 Å². The van der Waals surface area contributed by atoms with Crippen LogP contribution < -0.4 is 4.74 Å². The molecule has 0 aliphatic carbocycles. The number of ether oxygens (including phenoxy) is 1. The smallest absolute Gasteiger partial charge is 0.227 e. The summed E-state index contributed by atoms with van der Waals surface area (Å²) in [5.41, 5.74) is 0.976. The van der Waals surface area contributed by atoms with Gasteiger partial charge in [-0.3, -0.25) is 4.79 Å². The summed E-state index contributed by atoms with van der Waals surface area (Å²) in [7, 11) is -3.05. The summed E-state index contributed by atoms with van der Waals surface area (Å²) >= 11 is 0. The van der Waals surface area contributed by atoms with Crippen molar-refractivity contribution in [2.45, 2.75) is 19.4 Å². The number of carbonyl (C=O) groups is 1. The van der Waals surface area contributed by atoms with E-state index in [0.29, 0.717) is 19.6 Å². The number of hydrogen-bond acceptors (Lipinski definition) is 4. The Hall–Kier alpha value is -1.56. The van der Waals surface area contributed by atoms with Gasteiger partial charge in [0.2, 0.25) is 5.91 Å². The van der Waals surface area contributed by atoms with E-state index in [4.69, 9.17) is 4.74 Å². The SMILES string of the molecule is CC1c2ccccc2OCCN1C(=O)C1CCS(=O)(=O)C1. The number of hydrogen-bond donors (Lipinski definition) is 0. The number of fused-ring (bicyclic) bond motifs is 1. The van der Waals surface area contributed by atoms with Crippen LogP contribution in [0.1, 0.15) is 24.9 Å². The Morgan fingerprint density at radius 2 is 2.10 bits per heavy atom. The Labute approximate surface area is 124 Å². The van der Waals surface area contributed by atoms with Gasteiger partial charge in [-0.1, -0.05) is 18.2 Å². The Kier molecular flexibility index (Phi) is 3.65. The molecule has 0 spiro atoms. The number of nitrogens with zero attached hydrogens (tertiary/aromatic N) is 1. The first-order valence-electron chi connectivity index (χ1n) is 7.20. The zero-order chi connectivity index (χ0) is 15.0. The lowest BCUT2D eigenvalue weighted by molar-refractivity contribution is -0.137. The van der Waals surface area contributed by atoms with Crippen LogP contribution in [0.5, 0.6) is 5.75 Å². The minimum Gasteiger partial charge on any atom is -0.491 e. The number of benzene rings is 1. The van der Waals surface area contributed by atoms with E-state index in [-0.39, 0.29) is 23.5 Å². The number of rotatable bonds is 1. The molecule has 0 saturated carbocycles. The number of para-hydroxylation sites is 1. The van der Waals surface area contributed by atoms with Crippen LogP contribution in [0, 0.1) is 5.92 Å². The molecule has 114 valence electrons. The van der Waals surface area contributed by atoms with Gasteiger partial charge in [0, 0.05) is 5.56 Å². The molecule has 21 heavy (non-hydrogen) atoms. The van der Waals surface area contributed by atoms with Crippen LogP contribution >= 0.6 is 0 Å². The molecule has 1 aromatic carbocycles. The maximum absolute atomic E-state index is 12.7. The van der Waals surface area contributed by atoms with Crippen LogP contribution in [-0.4, -0.2) is 43.9 Å². The van der Waals surface area contributed by atoms with Gasteiger partial charge in [-0.05, 0) is 19.4 Å². The lowest BCUT2D eigenvalue weighted by atomic mass is 10.0. The first-order valence-corrected chi connectivity index (χ1v) is 9.03. The van der Waals surface area contributed by atoms with Crippen molar-refractivity contribution in [1.29, 1.82) is 0 Å². The van der Waals surface area contributed by atoms with Gasteiger partial charge in [0.25, 0.3) is 0 Å². The lowest BCUT2D eigenvalue weighted by Gasteiger charge is -2.29. The van der Waals surface area contributed by atoms with Crippen molar-refractivity contribution in [3.8, 4) is 5.75 Å². The van der Waals surface area contributed by atoms with Crippen molar-refractivity contribution < 1.29 is 17.9 Å². The highest BCUT2D eigenvalue weighted by molar-refractivity contribution is 7.91. The molecular weight excluding hydrogens is 290 g/mol. The molecule has 1 aromatic rings. The van der Waals surface area contributed by atoms with Gasteiger partial charge in [0.05, 0.1) is 30.0 Å². The van der Waals surface area contributed by atoms with E-state index in [0.717, 1.165) is 11.3 Å². The van der Waals surface area contributed by atoms with Gasteiger partial charge in [-0.25, -0.2) is 8.42 Å². The Balaban J connectivity index is 1.84. The second kappa shape index (κ2) is 5.33. The molecule has 0 N–H and O–H groups in total. The molecule has 2 unspecified atom stereocenters. The highest BCUT2D eigenvalue weighted by atomic mass is 32.2. The van der Waals surface area contributed by atoms with Crippen molar-refractivity contribution in [2.75, 3.05) is 24.7 Å². The number of amides is 1. The predicted molar refractivity (Wildman–Crippen MR) is 78.8 cm³/mol. The topological polar surface area (TPSA) is 63.7 Å². The third-order valence-electron chi connectivity index (χ3n) is 4.29. The van der Waals surface area contributed by atoms with Crippen LogP contribution in [0.15, 0.2) is 24.3 Å². The number of sulfone groups is 1. The van der Waals surface area contributed by atoms with E-state index in [1.807, 2.05) is 31.2 Å². The molecule has 2 aliphatic heterocycles. The van der Waals surface area contributed by atoms with E-state index in [1.54, 1.807) is 4.90 Å². The molecule has 3 rings (SSSR count). The largest absolute Gasteiger partial charge is 0.491 e. The van der Waals surface area contributed by atoms with Crippen molar-refractivity contribution in [3.05, 3.63) is 29.8 Å². The van der Waals surface area contributed by atoms with Gasteiger partial charge in [0.15, 0.2) is 9.84 Å². The van der Waals surface area contributed by atoms with Crippen LogP contribution in [-0.2, 0) is 14.6 Å². The molecule has 1 amide bonds. The lowest BCUT2D eigenvalue weighted by Crippen LogP contribution is -2.39. The van der Waals surface area contributed by atoms with E-state index in [2.05, 4.69) is 0 Å². The number of carbonyl (C=O) groups excluding carboxylic acids is 1. The fourth-order valence-corrected chi connectivity index (χ4v) is 4.83. The molecule has 0 radical (unpaired) electrons. The standard InChI is InChI=1S/C15H19NO4S/c1-11-13-4-2-3-5-14(13)20-8-7-16(11)15(17)12-6-9-21(18,19)10-12/h2-5,11-12H,6-10H2,1H3. The Bertz CT molecular complexity index is 655. The van der Waals surface area contributed by atoms with Crippen molar-refractivity contribution in [3.63, 3.8) is 0 Å². The monoisotopic (exact) mass is 309 g/mol. The van der Waals surface area contributed by atoms with Crippen LogP contribution in [0.2, 0.25) is 0 Å². The minimum absolute atomic E-state index is 0.0163. The summed E-state index contributed by atoms with van der Waals surface area (Å²) in [6.45, 7) is 2.90. The van der Waals surface area contributed by atoms with Gasteiger partial charge < -0.3 is 9.64 Å². The zero-order valence-corrected chi connectivity index (χ0v) is 12.8. The summed E-state index contributed by atoms with van der Waals surface area (Å²) in [5.74, 6) is 0.446. The summed E-state index contributed by atoms with van der Waals surface area (Å²) in [5, 5.41) is 0. The van der Waals surface area contributed by atoms with E-state index < -0.39 is 15.8 Å². The second-order valence-corrected chi connectivity index (χ2v) is 7.92. The van der Waals surface area contributed by atoms with Gasteiger partial charge in [-0.15, -0.1) is 0 Å². The predicted octanol–water partition coefficient (Wildman–Crippen LogP) is 1.40. The quantitative estimate of drug-likeness (QED) is 0.787. The average Bonchev–Trinajstić information content (AvgIpc) is 2.74. The fourth-order valence-electron chi connectivity index (χ4n) is 3.10. The van der Waals surface area contributed by atoms with Crippen LogP contribution in [0.4, 0.5) is 0 Å². The Morgan fingerprint density at radius 1 is 1.33 bits per heavy atom. The molecule has 2 aliphatic rings. The molecule has 2 atom stereocenters. The summed E-state index contributed by atoms with van der Waals surface area (Å²) in [4.78, 5) is 14.4. The molecule has 2 heterocycles. The van der Waals surface area contributed by atoms with Gasteiger partial charge in [-0.2, -0.15) is 0 Å². The maximum atomic E-state index is 12.7. The molecule has 1 saturated heterocycles. The molecule has 5 nitrogen and oxygen atoms in total. The summed E-state index contributed by atoms with van der Waals surface area (Å²) < 4.78 is 28.9. The van der Waals surface area contributed by atoms with E-state index in [9.17, 15) is 13.2 Å².